The molecule has 0 N–H and O–H groups in total. The van der Waals surface area contributed by atoms with Crippen LogP contribution < -0.4 is 4.80 Å². The van der Waals surface area contributed by atoms with E-state index in [1.54, 1.807) is 13.3 Å². The minimum Gasteiger partial charge on any atom is -0.465 e. The first-order valence-electron chi connectivity index (χ1n) is 9.39. The van der Waals surface area contributed by atoms with E-state index in [2.05, 4.69) is 4.99 Å². The van der Waals surface area contributed by atoms with Crippen molar-refractivity contribution in [2.24, 2.45) is 28.2 Å². The molecule has 6 nitrogen and oxygen atoms in total. The quantitative estimate of drug-likeness (QED) is 0.739. The second-order valence-electron chi connectivity index (χ2n) is 8.17. The Hall–Kier alpha value is -1.47. The van der Waals surface area contributed by atoms with Gasteiger partial charge in [-0.15, -0.1) is 0 Å². The molecule has 0 unspecified atom stereocenters. The van der Waals surface area contributed by atoms with Crippen LogP contribution in [0.4, 0.5) is 0 Å². The number of hydrogen-bond acceptors (Lipinski definition) is 5. The molecular formula is C19H26N2O4S. The molecule has 142 valence electrons. The number of nitrogens with zero attached hydrogens (tertiary/aromatic N) is 2. The number of carbonyl (C=O) groups excluding carboxylic acids is 2. The SMILES string of the molecule is COCCn1cc(C(=O)OC)s/c1=N/C(=O)C12CC3CC(CC(C3)C1)C2. The van der Waals surface area contributed by atoms with E-state index in [4.69, 9.17) is 9.47 Å². The molecule has 4 aliphatic rings. The summed E-state index contributed by atoms with van der Waals surface area (Å²) in [5, 5.41) is 0. The van der Waals surface area contributed by atoms with Crippen molar-refractivity contribution in [2.45, 2.75) is 45.1 Å². The molecule has 0 aliphatic heterocycles. The number of methoxy groups -OCH3 is 2. The number of amides is 1. The fourth-order valence-electron chi connectivity index (χ4n) is 5.59. The Morgan fingerprint density at radius 1 is 1.19 bits per heavy atom. The Labute approximate surface area is 157 Å². The Bertz CT molecular complexity index is 743. The summed E-state index contributed by atoms with van der Waals surface area (Å²) in [6, 6.07) is 0. The molecule has 0 saturated heterocycles. The third-order valence-corrected chi connectivity index (χ3v) is 7.33. The number of esters is 1. The van der Waals surface area contributed by atoms with Crippen LogP contribution in [-0.4, -0.2) is 37.3 Å². The summed E-state index contributed by atoms with van der Waals surface area (Å²) in [6.45, 7) is 1.05. The van der Waals surface area contributed by atoms with Crippen LogP contribution in [0.15, 0.2) is 11.2 Å². The van der Waals surface area contributed by atoms with Gasteiger partial charge in [0, 0.05) is 19.9 Å². The van der Waals surface area contributed by atoms with Crippen molar-refractivity contribution in [3.8, 4) is 0 Å². The van der Waals surface area contributed by atoms with Gasteiger partial charge in [-0.2, -0.15) is 4.99 Å². The van der Waals surface area contributed by atoms with Gasteiger partial charge in [0.1, 0.15) is 4.88 Å². The molecule has 4 fully saturated rings. The average Bonchev–Trinajstić information content (AvgIpc) is 3.00. The van der Waals surface area contributed by atoms with E-state index in [0.717, 1.165) is 19.3 Å². The first-order chi connectivity index (χ1) is 12.5. The summed E-state index contributed by atoms with van der Waals surface area (Å²) in [6.07, 6.45) is 8.59. The van der Waals surface area contributed by atoms with Gasteiger partial charge >= 0.3 is 5.97 Å². The monoisotopic (exact) mass is 378 g/mol. The fraction of sp³-hybridized carbons (Fsp3) is 0.737. The van der Waals surface area contributed by atoms with E-state index < -0.39 is 5.97 Å². The van der Waals surface area contributed by atoms with E-state index >= 15 is 0 Å². The van der Waals surface area contributed by atoms with E-state index in [-0.39, 0.29) is 11.3 Å². The van der Waals surface area contributed by atoms with Gasteiger partial charge in [0.25, 0.3) is 5.91 Å². The molecule has 26 heavy (non-hydrogen) atoms. The van der Waals surface area contributed by atoms with Crippen LogP contribution in [0.2, 0.25) is 0 Å². The van der Waals surface area contributed by atoms with Crippen LogP contribution in [0.25, 0.3) is 0 Å². The summed E-state index contributed by atoms with van der Waals surface area (Å²) in [4.78, 5) is 30.6. The van der Waals surface area contributed by atoms with Crippen molar-refractivity contribution < 1.29 is 19.1 Å². The summed E-state index contributed by atoms with van der Waals surface area (Å²) in [5.74, 6) is 1.73. The van der Waals surface area contributed by atoms with Gasteiger partial charge < -0.3 is 14.0 Å². The van der Waals surface area contributed by atoms with Crippen molar-refractivity contribution in [3.05, 3.63) is 15.9 Å². The van der Waals surface area contributed by atoms with Crippen LogP contribution in [0.5, 0.6) is 0 Å². The Kier molecular flexibility index (Phi) is 4.77. The molecule has 0 radical (unpaired) electrons. The maximum Gasteiger partial charge on any atom is 0.349 e. The van der Waals surface area contributed by atoms with Crippen molar-refractivity contribution in [1.29, 1.82) is 0 Å². The van der Waals surface area contributed by atoms with Crippen LogP contribution in [-0.2, 0) is 20.8 Å². The smallest absolute Gasteiger partial charge is 0.349 e. The van der Waals surface area contributed by atoms with Gasteiger partial charge in [-0.1, -0.05) is 11.3 Å². The Balaban J connectivity index is 1.65. The molecule has 5 rings (SSSR count). The van der Waals surface area contributed by atoms with Crippen molar-refractivity contribution >= 4 is 23.2 Å². The maximum atomic E-state index is 13.2. The van der Waals surface area contributed by atoms with Crippen LogP contribution in [0.1, 0.15) is 48.2 Å². The summed E-state index contributed by atoms with van der Waals surface area (Å²) >= 11 is 1.22. The van der Waals surface area contributed by atoms with E-state index in [1.165, 1.54) is 37.7 Å². The van der Waals surface area contributed by atoms with Gasteiger partial charge in [-0.05, 0) is 56.3 Å². The predicted molar refractivity (Wildman–Crippen MR) is 96.7 cm³/mol. The second-order valence-corrected chi connectivity index (χ2v) is 9.18. The molecular weight excluding hydrogens is 352 g/mol. The molecule has 4 saturated carbocycles. The van der Waals surface area contributed by atoms with Gasteiger partial charge in [0.2, 0.25) is 0 Å². The Morgan fingerprint density at radius 3 is 2.35 bits per heavy atom. The maximum absolute atomic E-state index is 13.2. The number of ether oxygens (including phenoxy) is 2. The highest BCUT2D eigenvalue weighted by molar-refractivity contribution is 7.11. The molecule has 1 amide bonds. The topological polar surface area (TPSA) is 69.9 Å². The largest absolute Gasteiger partial charge is 0.465 e. The minimum absolute atomic E-state index is 0.0148. The van der Waals surface area contributed by atoms with Crippen LogP contribution in [0.3, 0.4) is 0 Å². The van der Waals surface area contributed by atoms with Gasteiger partial charge in [0.15, 0.2) is 4.80 Å². The summed E-state index contributed by atoms with van der Waals surface area (Å²) in [7, 11) is 2.99. The number of thiazole rings is 1. The molecule has 1 aromatic rings. The number of hydrogen-bond donors (Lipinski definition) is 0. The zero-order chi connectivity index (χ0) is 18.3. The standard InChI is InChI=1S/C19H26N2O4S/c1-24-4-3-21-11-15(16(22)25-2)26-18(21)20-17(23)19-8-12-5-13(9-19)7-14(6-12)10-19/h11-14H,3-10H2,1-2H3/b20-18+. The van der Waals surface area contributed by atoms with Gasteiger partial charge in [-0.25, -0.2) is 4.79 Å². The van der Waals surface area contributed by atoms with Crippen molar-refractivity contribution in [3.63, 3.8) is 0 Å². The zero-order valence-electron chi connectivity index (χ0n) is 15.4. The first kappa shape index (κ1) is 17.9. The molecule has 7 heteroatoms. The molecule has 4 aliphatic carbocycles. The zero-order valence-corrected chi connectivity index (χ0v) is 16.2. The lowest BCUT2D eigenvalue weighted by atomic mass is 9.49. The molecule has 0 atom stereocenters. The lowest BCUT2D eigenvalue weighted by Crippen LogP contribution is -2.50. The minimum atomic E-state index is -0.398. The number of aromatic nitrogens is 1. The van der Waals surface area contributed by atoms with Gasteiger partial charge in [0.05, 0.1) is 19.1 Å². The highest BCUT2D eigenvalue weighted by atomic mass is 32.1. The number of carbonyl (C=O) groups is 2. The molecule has 0 aromatic carbocycles. The molecule has 0 spiro atoms. The third-order valence-electron chi connectivity index (χ3n) is 6.33. The lowest BCUT2D eigenvalue weighted by molar-refractivity contribution is -0.142. The first-order valence-corrected chi connectivity index (χ1v) is 10.2. The Morgan fingerprint density at radius 2 is 1.81 bits per heavy atom. The third kappa shape index (κ3) is 3.16. The normalized spacial score (nSPS) is 32.8. The summed E-state index contributed by atoms with van der Waals surface area (Å²) in [5.41, 5.74) is -0.261. The molecule has 1 heterocycles. The van der Waals surface area contributed by atoms with Crippen molar-refractivity contribution in [2.75, 3.05) is 20.8 Å². The highest BCUT2D eigenvalue weighted by Crippen LogP contribution is 2.60. The molecule has 1 aromatic heterocycles. The summed E-state index contributed by atoms with van der Waals surface area (Å²) < 4.78 is 11.8. The molecule has 4 bridgehead atoms. The predicted octanol–water partition coefficient (Wildman–Crippen LogP) is 2.63. The fourth-order valence-corrected chi connectivity index (χ4v) is 6.52. The van der Waals surface area contributed by atoms with Gasteiger partial charge in [-0.3, -0.25) is 4.79 Å². The van der Waals surface area contributed by atoms with E-state index in [9.17, 15) is 9.59 Å². The van der Waals surface area contributed by atoms with E-state index in [0.29, 0.717) is 40.6 Å². The average molecular weight is 378 g/mol. The second kappa shape index (κ2) is 6.93. The van der Waals surface area contributed by atoms with Crippen molar-refractivity contribution in [1.82, 2.24) is 4.57 Å². The van der Waals surface area contributed by atoms with Crippen LogP contribution in [0, 0.1) is 23.2 Å². The lowest BCUT2D eigenvalue weighted by Gasteiger charge is -2.55. The number of rotatable bonds is 5. The highest BCUT2D eigenvalue weighted by Gasteiger charge is 2.54. The van der Waals surface area contributed by atoms with E-state index in [1.807, 2.05) is 4.57 Å². The van der Waals surface area contributed by atoms with Crippen LogP contribution >= 0.6 is 11.3 Å².